The van der Waals surface area contributed by atoms with Crippen molar-refractivity contribution >= 4 is 22.0 Å². The number of amides is 2. The largest absolute Gasteiger partial charge is 0.396 e. The van der Waals surface area contributed by atoms with E-state index in [1.807, 2.05) is 25.1 Å². The molecule has 0 aliphatic carbocycles. The molecule has 0 bridgehead atoms. The number of carbonyl (C=O) groups is 1. The van der Waals surface area contributed by atoms with Crippen LogP contribution in [0, 0.1) is 12.8 Å². The van der Waals surface area contributed by atoms with Gasteiger partial charge in [-0.3, -0.25) is 0 Å². The summed E-state index contributed by atoms with van der Waals surface area (Å²) in [6.45, 7) is 4.16. The van der Waals surface area contributed by atoms with Crippen LogP contribution >= 0.6 is 15.9 Å². The van der Waals surface area contributed by atoms with E-state index >= 15 is 0 Å². The number of nitrogens with one attached hydrogen (secondary N) is 1. The van der Waals surface area contributed by atoms with E-state index in [1.54, 1.807) is 4.90 Å². The van der Waals surface area contributed by atoms with Gasteiger partial charge in [0.2, 0.25) is 0 Å². The van der Waals surface area contributed by atoms with Crippen LogP contribution in [0.3, 0.4) is 0 Å². The number of piperidine rings is 1. The van der Waals surface area contributed by atoms with Crippen LogP contribution in [0.25, 0.3) is 0 Å². The Hall–Kier alpha value is -1.07. The predicted octanol–water partition coefficient (Wildman–Crippen LogP) is 2.67. The standard InChI is InChI=1S/C15H21BrN2O2/c1-11-4-5-14(16)7-13(11)8-17-15(20)18-6-2-3-12(9-18)10-19/h4-5,7,12,19H,2-3,6,8-10H2,1H3,(H,17,20)/t12-/m0/s1. The Kier molecular flexibility index (Phi) is 5.43. The SMILES string of the molecule is Cc1ccc(Br)cc1CNC(=O)N1CCC[C@H](CO)C1. The van der Waals surface area contributed by atoms with Gasteiger partial charge in [-0.2, -0.15) is 0 Å². The number of hydrogen-bond donors (Lipinski definition) is 2. The summed E-state index contributed by atoms with van der Waals surface area (Å²) in [5.41, 5.74) is 2.28. The van der Waals surface area contributed by atoms with E-state index in [9.17, 15) is 9.90 Å². The zero-order chi connectivity index (χ0) is 14.5. The maximum Gasteiger partial charge on any atom is 0.317 e. The minimum absolute atomic E-state index is 0.0393. The Morgan fingerprint density at radius 1 is 1.55 bits per heavy atom. The van der Waals surface area contributed by atoms with Crippen molar-refractivity contribution in [2.24, 2.45) is 5.92 Å². The molecule has 5 heteroatoms. The summed E-state index contributed by atoms with van der Waals surface area (Å²) < 4.78 is 1.02. The average Bonchev–Trinajstić information content (AvgIpc) is 2.48. The molecule has 0 saturated carbocycles. The van der Waals surface area contributed by atoms with Crippen LogP contribution in [-0.4, -0.2) is 35.7 Å². The van der Waals surface area contributed by atoms with Crippen LogP contribution in [0.15, 0.2) is 22.7 Å². The van der Waals surface area contributed by atoms with Crippen molar-refractivity contribution in [1.29, 1.82) is 0 Å². The van der Waals surface area contributed by atoms with Crippen molar-refractivity contribution < 1.29 is 9.90 Å². The molecule has 2 N–H and O–H groups in total. The zero-order valence-electron chi connectivity index (χ0n) is 11.7. The van der Waals surface area contributed by atoms with Gasteiger partial charge in [0.15, 0.2) is 0 Å². The molecule has 0 unspecified atom stereocenters. The van der Waals surface area contributed by atoms with E-state index in [0.29, 0.717) is 13.1 Å². The monoisotopic (exact) mass is 340 g/mol. The Labute approximate surface area is 128 Å². The van der Waals surface area contributed by atoms with Crippen molar-refractivity contribution in [3.8, 4) is 0 Å². The van der Waals surface area contributed by atoms with E-state index in [4.69, 9.17) is 0 Å². The molecule has 2 amide bonds. The number of halogens is 1. The average molecular weight is 341 g/mol. The lowest BCUT2D eigenvalue weighted by Crippen LogP contribution is -2.46. The van der Waals surface area contributed by atoms with Gasteiger partial charge in [0, 0.05) is 30.7 Å². The number of carbonyl (C=O) groups excluding carboxylic acids is 1. The number of urea groups is 1. The quantitative estimate of drug-likeness (QED) is 0.888. The first-order chi connectivity index (χ1) is 9.60. The van der Waals surface area contributed by atoms with Gasteiger partial charge in [-0.05, 0) is 48.9 Å². The van der Waals surface area contributed by atoms with Gasteiger partial charge in [-0.1, -0.05) is 22.0 Å². The third-order valence-corrected chi connectivity index (χ3v) is 4.30. The third-order valence-electron chi connectivity index (χ3n) is 3.81. The molecule has 1 fully saturated rings. The lowest BCUT2D eigenvalue weighted by atomic mass is 9.99. The molecule has 1 aromatic rings. The molecule has 1 saturated heterocycles. The van der Waals surface area contributed by atoms with Crippen molar-refractivity contribution in [3.05, 3.63) is 33.8 Å². The van der Waals surface area contributed by atoms with Gasteiger partial charge >= 0.3 is 6.03 Å². The highest BCUT2D eigenvalue weighted by Gasteiger charge is 2.22. The number of aryl methyl sites for hydroxylation is 1. The Bertz CT molecular complexity index is 479. The van der Waals surface area contributed by atoms with Crippen LogP contribution in [0.4, 0.5) is 4.79 Å². The summed E-state index contributed by atoms with van der Waals surface area (Å²) in [6.07, 6.45) is 1.97. The first-order valence-corrected chi connectivity index (χ1v) is 7.78. The zero-order valence-corrected chi connectivity index (χ0v) is 13.3. The number of benzene rings is 1. The maximum atomic E-state index is 12.2. The van der Waals surface area contributed by atoms with Gasteiger partial charge in [0.1, 0.15) is 0 Å². The summed E-state index contributed by atoms with van der Waals surface area (Å²) in [5, 5.41) is 12.2. The predicted molar refractivity (Wildman–Crippen MR) is 82.5 cm³/mol. The highest BCUT2D eigenvalue weighted by molar-refractivity contribution is 9.10. The lowest BCUT2D eigenvalue weighted by Gasteiger charge is -2.31. The lowest BCUT2D eigenvalue weighted by molar-refractivity contribution is 0.129. The van der Waals surface area contributed by atoms with Crippen molar-refractivity contribution in [2.45, 2.75) is 26.3 Å². The summed E-state index contributed by atoms with van der Waals surface area (Å²) in [5.74, 6) is 0.224. The molecule has 2 rings (SSSR count). The first-order valence-electron chi connectivity index (χ1n) is 6.99. The van der Waals surface area contributed by atoms with Crippen molar-refractivity contribution in [3.63, 3.8) is 0 Å². The van der Waals surface area contributed by atoms with Crippen molar-refractivity contribution in [2.75, 3.05) is 19.7 Å². The first kappa shape index (κ1) is 15.3. The molecule has 0 spiro atoms. The van der Waals surface area contributed by atoms with Crippen LogP contribution in [-0.2, 0) is 6.54 Å². The van der Waals surface area contributed by atoms with Gasteiger partial charge in [0.25, 0.3) is 0 Å². The Morgan fingerprint density at radius 2 is 2.35 bits per heavy atom. The molecule has 4 nitrogen and oxygen atoms in total. The summed E-state index contributed by atoms with van der Waals surface area (Å²) in [7, 11) is 0. The van der Waals surface area contributed by atoms with Gasteiger partial charge in [-0.25, -0.2) is 4.79 Å². The van der Waals surface area contributed by atoms with E-state index in [2.05, 4.69) is 21.2 Å². The fraction of sp³-hybridized carbons (Fsp3) is 0.533. The second-order valence-corrected chi connectivity index (χ2v) is 6.28. The van der Waals surface area contributed by atoms with E-state index in [1.165, 1.54) is 5.56 Å². The molecule has 1 heterocycles. The second-order valence-electron chi connectivity index (χ2n) is 5.37. The molecule has 1 atom stereocenters. The fourth-order valence-electron chi connectivity index (χ4n) is 2.51. The number of hydrogen-bond acceptors (Lipinski definition) is 2. The molecular formula is C15H21BrN2O2. The van der Waals surface area contributed by atoms with Gasteiger partial charge < -0.3 is 15.3 Å². The highest BCUT2D eigenvalue weighted by atomic mass is 79.9. The number of aliphatic hydroxyl groups is 1. The topological polar surface area (TPSA) is 52.6 Å². The molecular weight excluding hydrogens is 320 g/mol. The maximum absolute atomic E-state index is 12.2. The smallest absolute Gasteiger partial charge is 0.317 e. The number of aliphatic hydroxyl groups excluding tert-OH is 1. The van der Waals surface area contributed by atoms with Crippen LogP contribution in [0.2, 0.25) is 0 Å². The van der Waals surface area contributed by atoms with E-state index < -0.39 is 0 Å². The Morgan fingerprint density at radius 3 is 3.10 bits per heavy atom. The van der Waals surface area contributed by atoms with Crippen LogP contribution in [0.5, 0.6) is 0 Å². The molecule has 0 radical (unpaired) electrons. The second kappa shape index (κ2) is 7.09. The normalized spacial score (nSPS) is 18.9. The van der Waals surface area contributed by atoms with Crippen LogP contribution in [0.1, 0.15) is 24.0 Å². The molecule has 0 aromatic heterocycles. The molecule has 20 heavy (non-hydrogen) atoms. The summed E-state index contributed by atoms with van der Waals surface area (Å²) in [6, 6.07) is 6.02. The van der Waals surface area contributed by atoms with Gasteiger partial charge in [-0.15, -0.1) is 0 Å². The Balaban J connectivity index is 1.90. The summed E-state index contributed by atoms with van der Waals surface area (Å²) >= 11 is 3.45. The fourth-order valence-corrected chi connectivity index (χ4v) is 2.92. The van der Waals surface area contributed by atoms with E-state index in [0.717, 1.165) is 29.4 Å². The minimum Gasteiger partial charge on any atom is -0.396 e. The van der Waals surface area contributed by atoms with Crippen molar-refractivity contribution in [1.82, 2.24) is 10.2 Å². The van der Waals surface area contributed by atoms with Gasteiger partial charge in [0.05, 0.1) is 0 Å². The van der Waals surface area contributed by atoms with E-state index in [-0.39, 0.29) is 18.6 Å². The highest BCUT2D eigenvalue weighted by Crippen LogP contribution is 2.17. The molecule has 1 aliphatic heterocycles. The summed E-state index contributed by atoms with van der Waals surface area (Å²) in [4.78, 5) is 14.0. The number of nitrogens with zero attached hydrogens (tertiary/aromatic N) is 1. The number of rotatable bonds is 3. The molecule has 1 aromatic carbocycles. The third kappa shape index (κ3) is 3.96. The number of likely N-dealkylation sites (tertiary alicyclic amines) is 1. The molecule has 1 aliphatic rings. The minimum atomic E-state index is -0.0393. The molecule has 110 valence electrons. The van der Waals surface area contributed by atoms with Crippen LogP contribution < -0.4 is 5.32 Å².